The first-order chi connectivity index (χ1) is 6.35. The van der Waals surface area contributed by atoms with E-state index in [1.165, 1.54) is 11.2 Å². The van der Waals surface area contributed by atoms with Crippen LogP contribution in [0.25, 0.3) is 10.2 Å². The first-order valence-electron chi connectivity index (χ1n) is 4.05. The predicted octanol–water partition coefficient (Wildman–Crippen LogP) is 2.24. The molecule has 2 aromatic rings. The lowest BCUT2D eigenvalue weighted by atomic mass is 10.2. The van der Waals surface area contributed by atoms with Gasteiger partial charge in [-0.2, -0.15) is 0 Å². The van der Waals surface area contributed by atoms with Gasteiger partial charge in [0.2, 0.25) is 0 Å². The third kappa shape index (κ3) is 1.30. The second-order valence-electron chi connectivity index (χ2n) is 2.65. The van der Waals surface area contributed by atoms with Crippen molar-refractivity contribution in [3.63, 3.8) is 0 Å². The maximum atomic E-state index is 5.33. The normalized spacial score (nSPS) is 10.2. The van der Waals surface area contributed by atoms with Gasteiger partial charge in [-0.1, -0.05) is 6.92 Å². The van der Waals surface area contributed by atoms with Gasteiger partial charge in [0, 0.05) is 10.3 Å². The standard InChI is InChI=1S/C10H8N2S/c1-3-7-5-8-9(4-2)11-6-12-10(8)13-7/h2,5-6H,3H2,1H3. The molecular weight excluding hydrogens is 180 g/mol. The van der Waals surface area contributed by atoms with E-state index in [-0.39, 0.29) is 0 Å². The summed E-state index contributed by atoms with van der Waals surface area (Å²) in [6, 6.07) is 2.08. The molecule has 0 aliphatic heterocycles. The third-order valence-corrected chi connectivity index (χ3v) is 3.05. The Morgan fingerprint density at radius 2 is 2.38 bits per heavy atom. The van der Waals surface area contributed by atoms with Gasteiger partial charge in [-0.25, -0.2) is 9.97 Å². The Kier molecular flexibility index (Phi) is 1.99. The number of rotatable bonds is 1. The quantitative estimate of drug-likeness (QED) is 0.641. The lowest BCUT2D eigenvalue weighted by molar-refractivity contribution is 1.19. The summed E-state index contributed by atoms with van der Waals surface area (Å²) in [7, 11) is 0. The van der Waals surface area contributed by atoms with Crippen LogP contribution in [-0.2, 0) is 6.42 Å². The number of hydrogen-bond acceptors (Lipinski definition) is 3. The summed E-state index contributed by atoms with van der Waals surface area (Å²) in [5, 5.41) is 1.01. The molecule has 2 nitrogen and oxygen atoms in total. The van der Waals surface area contributed by atoms with Crippen molar-refractivity contribution < 1.29 is 0 Å². The summed E-state index contributed by atoms with van der Waals surface area (Å²) >= 11 is 1.68. The summed E-state index contributed by atoms with van der Waals surface area (Å²) in [5.74, 6) is 2.56. The maximum Gasteiger partial charge on any atom is 0.128 e. The van der Waals surface area contributed by atoms with E-state index < -0.39 is 0 Å². The summed E-state index contributed by atoms with van der Waals surface area (Å²) < 4.78 is 0. The Balaban J connectivity index is 2.76. The van der Waals surface area contributed by atoms with E-state index in [2.05, 4.69) is 28.9 Å². The lowest BCUT2D eigenvalue weighted by Gasteiger charge is -1.89. The van der Waals surface area contributed by atoms with Gasteiger partial charge in [-0.15, -0.1) is 17.8 Å². The van der Waals surface area contributed by atoms with Crippen molar-refractivity contribution in [2.75, 3.05) is 0 Å². The molecule has 0 radical (unpaired) electrons. The first-order valence-corrected chi connectivity index (χ1v) is 4.87. The van der Waals surface area contributed by atoms with Gasteiger partial charge in [0.15, 0.2) is 0 Å². The SMILES string of the molecule is C#Cc1ncnc2sc(CC)cc12. The van der Waals surface area contributed by atoms with Crippen molar-refractivity contribution in [2.45, 2.75) is 13.3 Å². The van der Waals surface area contributed by atoms with Crippen molar-refractivity contribution in [1.29, 1.82) is 0 Å². The van der Waals surface area contributed by atoms with E-state index in [1.54, 1.807) is 11.3 Å². The lowest BCUT2D eigenvalue weighted by Crippen LogP contribution is -1.83. The van der Waals surface area contributed by atoms with Crippen LogP contribution >= 0.6 is 11.3 Å². The molecule has 0 atom stereocenters. The van der Waals surface area contributed by atoms with Gasteiger partial charge in [0.1, 0.15) is 16.9 Å². The molecule has 0 amide bonds. The molecule has 0 bridgehead atoms. The molecule has 0 fully saturated rings. The van der Waals surface area contributed by atoms with Crippen molar-refractivity contribution in [1.82, 2.24) is 9.97 Å². The molecular formula is C10H8N2S. The number of fused-ring (bicyclic) bond motifs is 1. The highest BCUT2D eigenvalue weighted by atomic mass is 32.1. The van der Waals surface area contributed by atoms with E-state index in [1.807, 2.05) is 0 Å². The molecule has 2 aromatic heterocycles. The molecule has 0 aliphatic rings. The number of hydrogen-bond donors (Lipinski definition) is 0. The molecule has 0 aromatic carbocycles. The Labute approximate surface area is 80.7 Å². The zero-order chi connectivity index (χ0) is 9.26. The highest BCUT2D eigenvalue weighted by Gasteiger charge is 2.05. The number of terminal acetylenes is 1. The fraction of sp³-hybridized carbons (Fsp3) is 0.200. The molecule has 0 N–H and O–H groups in total. The molecule has 0 unspecified atom stereocenters. The number of aryl methyl sites for hydroxylation is 1. The Hall–Kier alpha value is -1.40. The average molecular weight is 188 g/mol. The molecule has 0 spiro atoms. The minimum Gasteiger partial charge on any atom is -0.227 e. The topological polar surface area (TPSA) is 25.8 Å². The Morgan fingerprint density at radius 1 is 1.54 bits per heavy atom. The molecule has 64 valence electrons. The highest BCUT2D eigenvalue weighted by molar-refractivity contribution is 7.18. The van der Waals surface area contributed by atoms with Crippen LogP contribution < -0.4 is 0 Å². The van der Waals surface area contributed by atoms with Gasteiger partial charge >= 0.3 is 0 Å². The molecule has 0 saturated heterocycles. The third-order valence-electron chi connectivity index (χ3n) is 1.87. The summed E-state index contributed by atoms with van der Waals surface area (Å²) in [6.45, 7) is 2.12. The van der Waals surface area contributed by atoms with E-state index in [4.69, 9.17) is 6.42 Å². The van der Waals surface area contributed by atoms with Crippen molar-refractivity contribution in [2.24, 2.45) is 0 Å². The van der Waals surface area contributed by atoms with Gasteiger partial charge in [0.25, 0.3) is 0 Å². The number of nitrogens with zero attached hydrogens (tertiary/aromatic N) is 2. The van der Waals surface area contributed by atoms with Crippen LogP contribution in [0.4, 0.5) is 0 Å². The Bertz CT molecular complexity index is 479. The van der Waals surface area contributed by atoms with E-state index in [9.17, 15) is 0 Å². The molecule has 3 heteroatoms. The zero-order valence-electron chi connectivity index (χ0n) is 7.24. The van der Waals surface area contributed by atoms with E-state index >= 15 is 0 Å². The minimum atomic E-state index is 0.695. The highest BCUT2D eigenvalue weighted by Crippen LogP contribution is 2.25. The van der Waals surface area contributed by atoms with Crippen LogP contribution in [0.15, 0.2) is 12.4 Å². The second kappa shape index (κ2) is 3.15. The van der Waals surface area contributed by atoms with Crippen LogP contribution in [0.3, 0.4) is 0 Å². The minimum absolute atomic E-state index is 0.695. The maximum absolute atomic E-state index is 5.33. The van der Waals surface area contributed by atoms with Crippen LogP contribution in [0.2, 0.25) is 0 Å². The summed E-state index contributed by atoms with van der Waals surface area (Å²) in [4.78, 5) is 10.5. The van der Waals surface area contributed by atoms with Gasteiger partial charge in [-0.3, -0.25) is 0 Å². The number of aromatic nitrogens is 2. The summed E-state index contributed by atoms with van der Waals surface area (Å²) in [6.07, 6.45) is 7.87. The Morgan fingerprint density at radius 3 is 3.08 bits per heavy atom. The fourth-order valence-corrected chi connectivity index (χ4v) is 2.13. The van der Waals surface area contributed by atoms with E-state index in [0.717, 1.165) is 16.6 Å². The van der Waals surface area contributed by atoms with Crippen molar-refractivity contribution >= 4 is 21.6 Å². The van der Waals surface area contributed by atoms with Gasteiger partial charge < -0.3 is 0 Å². The van der Waals surface area contributed by atoms with Crippen molar-refractivity contribution in [3.8, 4) is 12.3 Å². The molecule has 13 heavy (non-hydrogen) atoms. The van der Waals surface area contributed by atoms with E-state index in [0.29, 0.717) is 5.69 Å². The average Bonchev–Trinajstić information content (AvgIpc) is 2.59. The fourth-order valence-electron chi connectivity index (χ4n) is 1.19. The van der Waals surface area contributed by atoms with Crippen LogP contribution in [0.1, 0.15) is 17.5 Å². The largest absolute Gasteiger partial charge is 0.227 e. The van der Waals surface area contributed by atoms with Crippen LogP contribution in [-0.4, -0.2) is 9.97 Å². The smallest absolute Gasteiger partial charge is 0.128 e. The molecule has 2 heterocycles. The van der Waals surface area contributed by atoms with Crippen molar-refractivity contribution in [3.05, 3.63) is 23.0 Å². The zero-order valence-corrected chi connectivity index (χ0v) is 8.06. The second-order valence-corrected chi connectivity index (χ2v) is 3.77. The van der Waals surface area contributed by atoms with Gasteiger partial charge in [-0.05, 0) is 18.4 Å². The van der Waals surface area contributed by atoms with Gasteiger partial charge in [0.05, 0.1) is 0 Å². The van der Waals surface area contributed by atoms with Crippen LogP contribution in [0, 0.1) is 12.3 Å². The van der Waals surface area contributed by atoms with Crippen LogP contribution in [0.5, 0.6) is 0 Å². The number of thiophene rings is 1. The molecule has 0 saturated carbocycles. The monoisotopic (exact) mass is 188 g/mol. The molecule has 2 rings (SSSR count). The summed E-state index contributed by atoms with van der Waals surface area (Å²) in [5.41, 5.74) is 0.695. The molecule has 0 aliphatic carbocycles. The first kappa shape index (κ1) is 8.21. The predicted molar refractivity (Wildman–Crippen MR) is 54.7 cm³/mol.